The highest BCUT2D eigenvalue weighted by Crippen LogP contribution is 2.21. The van der Waals surface area contributed by atoms with Crippen molar-refractivity contribution >= 4 is 17.0 Å². The first-order valence-electron chi connectivity index (χ1n) is 6.12. The topological polar surface area (TPSA) is 47.3 Å². The van der Waals surface area contributed by atoms with E-state index in [9.17, 15) is 0 Å². The first-order chi connectivity index (χ1) is 9.72. The molecule has 0 amide bonds. The summed E-state index contributed by atoms with van der Waals surface area (Å²) in [6, 6.07) is 13.7. The molecule has 0 unspecified atom stereocenters. The van der Waals surface area contributed by atoms with E-state index in [1.807, 2.05) is 37.4 Å². The second kappa shape index (κ2) is 6.77. The smallest absolute Gasteiger partial charge is 0.104 e. The Morgan fingerprint density at radius 3 is 2.90 bits per heavy atom. The number of aliphatic hydroxyl groups excluding tert-OH is 1. The van der Waals surface area contributed by atoms with Gasteiger partial charge in [-0.15, -0.1) is 11.3 Å². The fraction of sp³-hybridized carbons (Fsp3) is 0.188. The van der Waals surface area contributed by atoms with E-state index in [0.717, 1.165) is 17.1 Å². The molecule has 0 radical (unpaired) electrons. The molecule has 0 aliphatic carbocycles. The van der Waals surface area contributed by atoms with Gasteiger partial charge in [0.15, 0.2) is 0 Å². The lowest BCUT2D eigenvalue weighted by molar-refractivity contribution is 0.350. The Hall–Kier alpha value is -2.27. The van der Waals surface area contributed by atoms with Gasteiger partial charge in [-0.1, -0.05) is 17.9 Å². The van der Waals surface area contributed by atoms with E-state index in [2.05, 4.69) is 22.8 Å². The Kier molecular flexibility index (Phi) is 4.79. The molecule has 0 fully saturated rings. The van der Waals surface area contributed by atoms with Gasteiger partial charge in [0.05, 0.1) is 23.1 Å². The minimum Gasteiger partial charge on any atom is -0.384 e. The Morgan fingerprint density at radius 2 is 2.15 bits per heavy atom. The van der Waals surface area contributed by atoms with Crippen LogP contribution in [0.3, 0.4) is 0 Å². The molecule has 0 saturated carbocycles. The first-order valence-corrected chi connectivity index (χ1v) is 6.94. The number of aliphatic hydroxyl groups is 1. The summed E-state index contributed by atoms with van der Waals surface area (Å²) >= 11 is 1.61. The molecule has 2 aromatic rings. The highest BCUT2D eigenvalue weighted by atomic mass is 32.1. The maximum Gasteiger partial charge on any atom is 0.104 e. The molecule has 0 atom stereocenters. The van der Waals surface area contributed by atoms with Crippen molar-refractivity contribution in [1.29, 1.82) is 5.26 Å². The van der Waals surface area contributed by atoms with Crippen LogP contribution in [0.2, 0.25) is 0 Å². The van der Waals surface area contributed by atoms with E-state index in [0.29, 0.717) is 5.56 Å². The monoisotopic (exact) mass is 282 g/mol. The molecular formula is C16H14N2OS. The molecule has 2 rings (SSSR count). The van der Waals surface area contributed by atoms with Gasteiger partial charge in [-0.2, -0.15) is 5.26 Å². The first kappa shape index (κ1) is 14.1. The average Bonchev–Trinajstić information content (AvgIpc) is 2.92. The summed E-state index contributed by atoms with van der Waals surface area (Å²) in [5.41, 5.74) is 1.68. The highest BCUT2D eigenvalue weighted by molar-refractivity contribution is 7.12. The summed E-state index contributed by atoms with van der Waals surface area (Å²) in [6.45, 7) is 0.647. The minimum absolute atomic E-state index is 0.117. The summed E-state index contributed by atoms with van der Waals surface area (Å²) in [5, 5.41) is 17.6. The highest BCUT2D eigenvalue weighted by Gasteiger charge is 2.05. The Bertz CT molecular complexity index is 688. The third-order valence-electron chi connectivity index (χ3n) is 2.76. The van der Waals surface area contributed by atoms with E-state index in [1.165, 1.54) is 4.88 Å². The number of nitrogens with zero attached hydrogens (tertiary/aromatic N) is 2. The predicted molar refractivity (Wildman–Crippen MR) is 81.5 cm³/mol. The molecule has 1 aromatic heterocycles. The van der Waals surface area contributed by atoms with Crippen LogP contribution in [-0.4, -0.2) is 18.8 Å². The number of nitriles is 1. The Morgan fingerprint density at radius 1 is 1.30 bits per heavy atom. The maximum absolute atomic E-state index is 8.92. The summed E-state index contributed by atoms with van der Waals surface area (Å²) < 4.78 is 0. The van der Waals surface area contributed by atoms with Crippen LogP contribution in [-0.2, 0) is 6.54 Å². The minimum atomic E-state index is -0.117. The van der Waals surface area contributed by atoms with Gasteiger partial charge >= 0.3 is 0 Å². The lowest BCUT2D eigenvalue weighted by Crippen LogP contribution is -2.15. The Balaban J connectivity index is 2.09. The number of rotatable bonds is 3. The van der Waals surface area contributed by atoms with Gasteiger partial charge in [0.25, 0.3) is 0 Å². The van der Waals surface area contributed by atoms with Crippen LogP contribution < -0.4 is 4.90 Å². The van der Waals surface area contributed by atoms with Crippen LogP contribution in [0.5, 0.6) is 0 Å². The Labute approximate surface area is 122 Å². The van der Waals surface area contributed by atoms with Gasteiger partial charge in [0, 0.05) is 17.6 Å². The molecule has 100 valence electrons. The molecule has 1 heterocycles. The zero-order chi connectivity index (χ0) is 14.4. The van der Waals surface area contributed by atoms with Crippen LogP contribution in [0, 0.1) is 23.2 Å². The van der Waals surface area contributed by atoms with Gasteiger partial charge in [-0.25, -0.2) is 0 Å². The third kappa shape index (κ3) is 3.61. The van der Waals surface area contributed by atoms with Crippen molar-refractivity contribution in [2.24, 2.45) is 0 Å². The number of anilines is 1. The molecule has 0 bridgehead atoms. The lowest BCUT2D eigenvalue weighted by Gasteiger charge is -2.18. The van der Waals surface area contributed by atoms with Crippen molar-refractivity contribution in [3.8, 4) is 17.9 Å². The van der Waals surface area contributed by atoms with Crippen molar-refractivity contribution in [2.45, 2.75) is 6.54 Å². The second-order valence-corrected chi connectivity index (χ2v) is 5.41. The van der Waals surface area contributed by atoms with E-state index in [1.54, 1.807) is 17.4 Å². The predicted octanol–water partition coefficient (Wildman–Crippen LogP) is 2.60. The zero-order valence-corrected chi connectivity index (χ0v) is 11.9. The third-order valence-corrected chi connectivity index (χ3v) is 3.75. The fourth-order valence-corrected chi connectivity index (χ4v) is 2.73. The van der Waals surface area contributed by atoms with Gasteiger partial charge in [-0.3, -0.25) is 0 Å². The van der Waals surface area contributed by atoms with Crippen LogP contribution in [0.15, 0.2) is 36.4 Å². The van der Waals surface area contributed by atoms with Crippen LogP contribution in [0.25, 0.3) is 0 Å². The quantitative estimate of drug-likeness (QED) is 0.880. The van der Waals surface area contributed by atoms with E-state index in [-0.39, 0.29) is 6.61 Å². The lowest BCUT2D eigenvalue weighted by atomic mass is 10.2. The normalized spacial score (nSPS) is 9.45. The molecular weight excluding hydrogens is 268 g/mol. The molecule has 1 aromatic carbocycles. The van der Waals surface area contributed by atoms with E-state index < -0.39 is 0 Å². The molecule has 0 aliphatic heterocycles. The molecule has 4 heteroatoms. The van der Waals surface area contributed by atoms with Gasteiger partial charge in [0.1, 0.15) is 6.61 Å². The van der Waals surface area contributed by atoms with Crippen molar-refractivity contribution in [1.82, 2.24) is 0 Å². The fourth-order valence-electron chi connectivity index (χ4n) is 1.79. The molecule has 3 nitrogen and oxygen atoms in total. The second-order valence-electron chi connectivity index (χ2n) is 4.24. The summed E-state index contributed by atoms with van der Waals surface area (Å²) in [7, 11) is 2.00. The molecule has 0 saturated heterocycles. The number of hydrogen-bond donors (Lipinski definition) is 1. The van der Waals surface area contributed by atoms with Gasteiger partial charge in [-0.05, 0) is 30.3 Å². The van der Waals surface area contributed by atoms with E-state index >= 15 is 0 Å². The standard InChI is InChI=1S/C16H14N2OS/c1-18(14-5-2-4-13(10-14)11-17)12-16-8-7-15(20-16)6-3-9-19/h2,4-5,7-8,10,19H,9,12H2,1H3. The SMILES string of the molecule is CN(Cc1ccc(C#CCO)s1)c1cccc(C#N)c1. The van der Waals surface area contributed by atoms with Crippen molar-refractivity contribution in [3.05, 3.63) is 51.7 Å². The van der Waals surface area contributed by atoms with Crippen molar-refractivity contribution < 1.29 is 5.11 Å². The van der Waals surface area contributed by atoms with Gasteiger partial charge in [0.2, 0.25) is 0 Å². The van der Waals surface area contributed by atoms with Gasteiger partial charge < -0.3 is 10.0 Å². The van der Waals surface area contributed by atoms with Crippen LogP contribution in [0.1, 0.15) is 15.3 Å². The zero-order valence-electron chi connectivity index (χ0n) is 11.1. The van der Waals surface area contributed by atoms with E-state index in [4.69, 9.17) is 10.4 Å². The number of benzene rings is 1. The molecule has 0 aliphatic rings. The number of thiophene rings is 1. The summed E-state index contributed by atoms with van der Waals surface area (Å²) in [4.78, 5) is 4.24. The summed E-state index contributed by atoms with van der Waals surface area (Å²) in [5.74, 6) is 5.55. The maximum atomic E-state index is 8.92. The van der Waals surface area contributed by atoms with Crippen molar-refractivity contribution in [2.75, 3.05) is 18.6 Å². The largest absolute Gasteiger partial charge is 0.384 e. The summed E-state index contributed by atoms with van der Waals surface area (Å²) in [6.07, 6.45) is 0. The average molecular weight is 282 g/mol. The molecule has 0 spiro atoms. The van der Waals surface area contributed by atoms with Crippen molar-refractivity contribution in [3.63, 3.8) is 0 Å². The van der Waals surface area contributed by atoms with Crippen LogP contribution >= 0.6 is 11.3 Å². The molecule has 20 heavy (non-hydrogen) atoms. The number of hydrogen-bond acceptors (Lipinski definition) is 4. The van der Waals surface area contributed by atoms with Crippen LogP contribution in [0.4, 0.5) is 5.69 Å². The molecule has 1 N–H and O–H groups in total.